The molecule has 152 valence electrons. The van der Waals surface area contributed by atoms with Crippen LogP contribution in [0.25, 0.3) is 0 Å². The third kappa shape index (κ3) is 4.75. The van der Waals surface area contributed by atoms with Gasteiger partial charge in [0.15, 0.2) is 0 Å². The van der Waals surface area contributed by atoms with Crippen molar-refractivity contribution in [3.63, 3.8) is 0 Å². The maximum atomic E-state index is 13.3. The van der Waals surface area contributed by atoms with Crippen LogP contribution in [0.15, 0.2) is 47.5 Å². The summed E-state index contributed by atoms with van der Waals surface area (Å²) >= 11 is 7.23. The number of hydrogen-bond donors (Lipinski definition) is 2. The summed E-state index contributed by atoms with van der Waals surface area (Å²) in [5.74, 6) is -0.460. The lowest BCUT2D eigenvalue weighted by Gasteiger charge is -2.36. The summed E-state index contributed by atoms with van der Waals surface area (Å²) < 4.78 is 13.3. The molecule has 2 aromatic carbocycles. The summed E-state index contributed by atoms with van der Waals surface area (Å²) in [6, 6.07) is 12.3. The van der Waals surface area contributed by atoms with E-state index in [4.69, 9.17) is 16.6 Å². The van der Waals surface area contributed by atoms with Crippen LogP contribution in [0.2, 0.25) is 5.02 Å². The number of fused-ring (bicyclic) bond motifs is 1. The van der Waals surface area contributed by atoms with E-state index in [1.54, 1.807) is 0 Å². The lowest BCUT2D eigenvalue weighted by atomic mass is 9.97. The maximum absolute atomic E-state index is 13.3. The van der Waals surface area contributed by atoms with Crippen LogP contribution >= 0.6 is 23.4 Å². The lowest BCUT2D eigenvalue weighted by molar-refractivity contribution is -0.113. The normalized spacial score (nSPS) is 17.7. The SMILES string of the molecule is O=C(CSC1=NC2(CCCCCC2)Nc2ccccc21)Nc1ccc(F)c(Cl)c1. The van der Waals surface area contributed by atoms with Crippen LogP contribution in [0.5, 0.6) is 0 Å². The molecule has 2 N–H and O–H groups in total. The number of nitrogens with zero attached hydrogens (tertiary/aromatic N) is 1. The molecule has 4 rings (SSSR count). The molecule has 1 saturated carbocycles. The number of benzene rings is 2. The number of aliphatic imine (C=N–C) groups is 1. The van der Waals surface area contributed by atoms with Crippen LogP contribution in [-0.2, 0) is 4.79 Å². The minimum Gasteiger partial charge on any atom is -0.361 e. The molecule has 0 bridgehead atoms. The molecule has 4 nitrogen and oxygen atoms in total. The fourth-order valence-electron chi connectivity index (χ4n) is 3.88. The summed E-state index contributed by atoms with van der Waals surface area (Å²) in [4.78, 5) is 17.5. The number of nitrogens with one attached hydrogen (secondary N) is 2. The number of hydrogen-bond acceptors (Lipinski definition) is 4. The zero-order valence-electron chi connectivity index (χ0n) is 16.0. The monoisotopic (exact) mass is 431 g/mol. The number of amides is 1. The van der Waals surface area contributed by atoms with Gasteiger partial charge in [0, 0.05) is 16.9 Å². The molecular weight excluding hydrogens is 409 g/mol. The summed E-state index contributed by atoms with van der Waals surface area (Å²) in [6.07, 6.45) is 6.81. The predicted molar refractivity (Wildman–Crippen MR) is 120 cm³/mol. The standard InChI is InChI=1S/C22H23ClFN3OS/c23-17-13-15(9-10-18(17)24)25-20(28)14-29-21-16-7-3-4-8-19(16)26-22(27-21)11-5-1-2-6-12-22/h3-4,7-10,13,26H,1-2,5-6,11-12,14H2,(H,25,28). The third-order valence-corrected chi connectivity index (χ3v) is 6.60. The second-order valence-corrected chi connectivity index (χ2v) is 8.87. The molecule has 7 heteroatoms. The van der Waals surface area contributed by atoms with Crippen LogP contribution in [0, 0.1) is 5.82 Å². The molecule has 2 aromatic rings. The van der Waals surface area contributed by atoms with Gasteiger partial charge in [-0.2, -0.15) is 0 Å². The Labute approximate surface area is 179 Å². The van der Waals surface area contributed by atoms with Gasteiger partial charge in [-0.1, -0.05) is 54.4 Å². The van der Waals surface area contributed by atoms with Gasteiger partial charge in [-0.15, -0.1) is 0 Å². The molecule has 1 spiro atoms. The number of rotatable bonds is 3. The van der Waals surface area contributed by atoms with E-state index in [0.29, 0.717) is 5.69 Å². The van der Waals surface area contributed by atoms with Crippen molar-refractivity contribution in [3.05, 3.63) is 58.9 Å². The Kier molecular flexibility index (Phi) is 6.11. The van der Waals surface area contributed by atoms with E-state index in [2.05, 4.69) is 16.7 Å². The Balaban J connectivity index is 1.49. The topological polar surface area (TPSA) is 53.5 Å². The highest BCUT2D eigenvalue weighted by Crippen LogP contribution is 2.39. The third-order valence-electron chi connectivity index (χ3n) is 5.31. The van der Waals surface area contributed by atoms with E-state index in [9.17, 15) is 9.18 Å². The molecule has 1 aliphatic carbocycles. The van der Waals surface area contributed by atoms with Crippen molar-refractivity contribution in [2.24, 2.45) is 4.99 Å². The van der Waals surface area contributed by atoms with Gasteiger partial charge in [-0.25, -0.2) is 9.38 Å². The molecule has 0 aromatic heterocycles. The smallest absolute Gasteiger partial charge is 0.234 e. The van der Waals surface area contributed by atoms with Gasteiger partial charge in [0.05, 0.1) is 10.8 Å². The fourth-order valence-corrected chi connectivity index (χ4v) is 4.97. The Morgan fingerprint density at radius 2 is 1.93 bits per heavy atom. The van der Waals surface area contributed by atoms with Crippen LogP contribution < -0.4 is 10.6 Å². The highest BCUT2D eigenvalue weighted by molar-refractivity contribution is 8.15. The average molecular weight is 432 g/mol. The van der Waals surface area contributed by atoms with Gasteiger partial charge in [0.1, 0.15) is 16.5 Å². The van der Waals surface area contributed by atoms with Crippen LogP contribution in [0.1, 0.15) is 44.1 Å². The second-order valence-electron chi connectivity index (χ2n) is 7.50. The molecule has 29 heavy (non-hydrogen) atoms. The van der Waals surface area contributed by atoms with Gasteiger partial charge in [0.2, 0.25) is 5.91 Å². The highest BCUT2D eigenvalue weighted by atomic mass is 35.5. The van der Waals surface area contributed by atoms with Crippen LogP contribution in [0.4, 0.5) is 15.8 Å². The number of carbonyl (C=O) groups excluding carboxylic acids is 1. The van der Waals surface area contributed by atoms with E-state index in [0.717, 1.165) is 42.0 Å². The largest absolute Gasteiger partial charge is 0.361 e. The van der Waals surface area contributed by atoms with Gasteiger partial charge in [-0.05, 0) is 49.9 Å². The van der Waals surface area contributed by atoms with Crippen molar-refractivity contribution < 1.29 is 9.18 Å². The van der Waals surface area contributed by atoms with E-state index >= 15 is 0 Å². The molecule has 1 amide bonds. The van der Waals surface area contributed by atoms with Crippen molar-refractivity contribution in [3.8, 4) is 0 Å². The maximum Gasteiger partial charge on any atom is 0.234 e. The summed E-state index contributed by atoms with van der Waals surface area (Å²) in [5, 5.41) is 7.33. The number of anilines is 2. The minimum absolute atomic E-state index is 0.0117. The molecule has 0 saturated heterocycles. The van der Waals surface area contributed by atoms with Gasteiger partial charge < -0.3 is 10.6 Å². The van der Waals surface area contributed by atoms with E-state index in [1.807, 2.05) is 18.2 Å². The first-order chi connectivity index (χ1) is 14.0. The highest BCUT2D eigenvalue weighted by Gasteiger charge is 2.35. The summed E-state index contributed by atoms with van der Waals surface area (Å²) in [7, 11) is 0. The molecule has 2 aliphatic rings. The Morgan fingerprint density at radius 1 is 1.17 bits per heavy atom. The molecule has 1 aliphatic heterocycles. The van der Waals surface area contributed by atoms with E-state index in [1.165, 1.54) is 42.8 Å². The number of halogens is 2. The van der Waals surface area contributed by atoms with Gasteiger partial charge in [0.25, 0.3) is 0 Å². The van der Waals surface area contributed by atoms with Gasteiger partial charge >= 0.3 is 0 Å². The Hall–Kier alpha value is -2.05. The minimum atomic E-state index is -0.506. The van der Waals surface area contributed by atoms with Gasteiger partial charge in [-0.3, -0.25) is 4.79 Å². The molecule has 0 atom stereocenters. The zero-order chi connectivity index (χ0) is 20.3. The molecule has 0 unspecified atom stereocenters. The first kappa shape index (κ1) is 20.2. The molecular formula is C22H23ClFN3OS. The van der Waals surface area contributed by atoms with Crippen molar-refractivity contribution >= 4 is 45.7 Å². The number of para-hydroxylation sites is 1. The van der Waals surface area contributed by atoms with E-state index < -0.39 is 5.82 Å². The second kappa shape index (κ2) is 8.76. The Bertz CT molecular complexity index is 941. The Morgan fingerprint density at radius 3 is 2.69 bits per heavy atom. The van der Waals surface area contributed by atoms with Crippen molar-refractivity contribution in [2.75, 3.05) is 16.4 Å². The van der Waals surface area contributed by atoms with Crippen LogP contribution in [0.3, 0.4) is 0 Å². The number of thioether (sulfide) groups is 1. The molecule has 1 fully saturated rings. The van der Waals surface area contributed by atoms with Crippen LogP contribution in [-0.4, -0.2) is 22.4 Å². The lowest BCUT2D eigenvalue weighted by Crippen LogP contribution is -2.40. The summed E-state index contributed by atoms with van der Waals surface area (Å²) in [6.45, 7) is 0. The first-order valence-electron chi connectivity index (χ1n) is 9.90. The predicted octanol–water partition coefficient (Wildman–Crippen LogP) is 6.07. The first-order valence-corrected chi connectivity index (χ1v) is 11.3. The molecule has 0 radical (unpaired) electrons. The van der Waals surface area contributed by atoms with Crippen molar-refractivity contribution in [1.29, 1.82) is 0 Å². The zero-order valence-corrected chi connectivity index (χ0v) is 17.6. The quantitative estimate of drug-likeness (QED) is 0.619. The average Bonchev–Trinajstić information content (AvgIpc) is 2.94. The van der Waals surface area contributed by atoms with Crippen molar-refractivity contribution in [1.82, 2.24) is 0 Å². The number of carbonyl (C=O) groups is 1. The molecule has 1 heterocycles. The van der Waals surface area contributed by atoms with Crippen molar-refractivity contribution in [2.45, 2.75) is 44.2 Å². The summed E-state index contributed by atoms with van der Waals surface area (Å²) in [5.41, 5.74) is 2.33. The fraction of sp³-hybridized carbons (Fsp3) is 0.364. The van der Waals surface area contributed by atoms with E-state index in [-0.39, 0.29) is 22.3 Å².